The Kier molecular flexibility index (Phi) is 3.42. The van der Waals surface area contributed by atoms with Crippen molar-refractivity contribution in [2.24, 2.45) is 11.1 Å². The molecule has 2 nitrogen and oxygen atoms in total. The van der Waals surface area contributed by atoms with Crippen LogP contribution in [0.25, 0.3) is 0 Å². The fourth-order valence-electron chi connectivity index (χ4n) is 1.30. The van der Waals surface area contributed by atoms with Gasteiger partial charge in [-0.3, -0.25) is 0 Å². The fraction of sp³-hybridized carbons (Fsp3) is 0.455. The van der Waals surface area contributed by atoms with E-state index in [1.807, 2.05) is 0 Å². The van der Waals surface area contributed by atoms with E-state index in [0.717, 1.165) is 6.07 Å². The summed E-state index contributed by atoms with van der Waals surface area (Å²) in [6, 6.07) is 2.56. The standard InChI is InChI=1S/C11H15F2NO/c1-11(2,6-15)10(14)7-3-8(12)5-9(13)4-7/h3-5,10,15H,6,14H2,1-2H3/t10-/m0/s1. The maximum absolute atomic E-state index is 12.9. The smallest absolute Gasteiger partial charge is 0.126 e. The molecule has 0 heterocycles. The highest BCUT2D eigenvalue weighted by Gasteiger charge is 2.27. The van der Waals surface area contributed by atoms with Gasteiger partial charge in [0.2, 0.25) is 0 Å². The maximum atomic E-state index is 12.9. The summed E-state index contributed by atoms with van der Waals surface area (Å²) < 4.78 is 25.8. The third kappa shape index (κ3) is 2.73. The minimum atomic E-state index is -0.658. The molecule has 0 fully saturated rings. The zero-order valence-corrected chi connectivity index (χ0v) is 8.80. The molecule has 0 aliphatic heterocycles. The van der Waals surface area contributed by atoms with Crippen molar-refractivity contribution >= 4 is 0 Å². The first-order valence-corrected chi connectivity index (χ1v) is 4.69. The van der Waals surface area contributed by atoms with E-state index >= 15 is 0 Å². The van der Waals surface area contributed by atoms with Crippen molar-refractivity contribution < 1.29 is 13.9 Å². The van der Waals surface area contributed by atoms with Gasteiger partial charge in [0.15, 0.2) is 0 Å². The average Bonchev–Trinajstić information content (AvgIpc) is 2.15. The quantitative estimate of drug-likeness (QED) is 0.809. The Balaban J connectivity index is 3.06. The summed E-state index contributed by atoms with van der Waals surface area (Å²) in [7, 11) is 0. The molecule has 4 heteroatoms. The molecule has 84 valence electrons. The molecule has 3 N–H and O–H groups in total. The molecule has 1 aromatic carbocycles. The summed E-state index contributed by atoms with van der Waals surface area (Å²) in [5, 5.41) is 9.10. The Hall–Kier alpha value is -1.00. The second-order valence-electron chi connectivity index (χ2n) is 4.33. The fourth-order valence-corrected chi connectivity index (χ4v) is 1.30. The van der Waals surface area contributed by atoms with E-state index in [1.165, 1.54) is 12.1 Å². The average molecular weight is 215 g/mol. The molecule has 1 rings (SSSR count). The lowest BCUT2D eigenvalue weighted by Crippen LogP contribution is -2.32. The molecule has 1 atom stereocenters. The first-order chi connectivity index (χ1) is 6.86. The Morgan fingerprint density at radius 2 is 1.73 bits per heavy atom. The van der Waals surface area contributed by atoms with Gasteiger partial charge in [-0.2, -0.15) is 0 Å². The molecular formula is C11H15F2NO. The predicted molar refractivity (Wildman–Crippen MR) is 54.2 cm³/mol. The van der Waals surface area contributed by atoms with Crippen molar-refractivity contribution in [1.29, 1.82) is 0 Å². The highest BCUT2D eigenvalue weighted by atomic mass is 19.1. The monoisotopic (exact) mass is 215 g/mol. The van der Waals surface area contributed by atoms with Crippen LogP contribution in [-0.2, 0) is 0 Å². The summed E-state index contributed by atoms with van der Waals surface area (Å²) in [5.41, 5.74) is 5.57. The van der Waals surface area contributed by atoms with Crippen molar-refractivity contribution in [3.8, 4) is 0 Å². The number of halogens is 2. The van der Waals surface area contributed by atoms with Crippen LogP contribution < -0.4 is 5.73 Å². The third-order valence-electron chi connectivity index (χ3n) is 2.49. The highest BCUT2D eigenvalue weighted by molar-refractivity contribution is 5.22. The summed E-state index contributed by atoms with van der Waals surface area (Å²) >= 11 is 0. The van der Waals surface area contributed by atoms with Crippen LogP contribution in [0.4, 0.5) is 8.78 Å². The Morgan fingerprint density at radius 3 is 2.13 bits per heavy atom. The van der Waals surface area contributed by atoms with Crippen LogP contribution in [0.2, 0.25) is 0 Å². The van der Waals surface area contributed by atoms with Gasteiger partial charge >= 0.3 is 0 Å². The summed E-state index contributed by atoms with van der Waals surface area (Å²) in [6.45, 7) is 3.33. The van der Waals surface area contributed by atoms with Crippen molar-refractivity contribution in [2.75, 3.05) is 6.61 Å². The van der Waals surface area contributed by atoms with Crippen LogP contribution in [0.15, 0.2) is 18.2 Å². The minimum Gasteiger partial charge on any atom is -0.396 e. The number of aliphatic hydroxyl groups excluding tert-OH is 1. The SMILES string of the molecule is CC(C)(CO)[C@@H](N)c1cc(F)cc(F)c1. The maximum Gasteiger partial charge on any atom is 0.126 e. The number of hydrogen-bond donors (Lipinski definition) is 2. The second-order valence-corrected chi connectivity index (χ2v) is 4.33. The first-order valence-electron chi connectivity index (χ1n) is 4.69. The van der Waals surface area contributed by atoms with Gasteiger partial charge < -0.3 is 10.8 Å². The molecule has 0 aliphatic rings. The molecule has 0 spiro atoms. The molecule has 0 aromatic heterocycles. The van der Waals surface area contributed by atoms with Gasteiger partial charge in [-0.15, -0.1) is 0 Å². The molecule has 0 unspecified atom stereocenters. The molecule has 0 radical (unpaired) electrons. The van der Waals surface area contributed by atoms with Crippen LogP contribution in [0, 0.1) is 17.0 Å². The number of aliphatic hydroxyl groups is 1. The molecule has 0 bridgehead atoms. The molecule has 0 aliphatic carbocycles. The lowest BCUT2D eigenvalue weighted by molar-refractivity contribution is 0.132. The zero-order chi connectivity index (χ0) is 11.6. The Bertz CT molecular complexity index is 332. The predicted octanol–water partition coefficient (Wildman–Crippen LogP) is 1.98. The number of hydrogen-bond acceptors (Lipinski definition) is 2. The van der Waals surface area contributed by atoms with Crippen LogP contribution in [0.1, 0.15) is 25.5 Å². The summed E-state index contributed by atoms with van der Waals surface area (Å²) in [4.78, 5) is 0. The van der Waals surface area contributed by atoms with Gasteiger partial charge in [-0.25, -0.2) is 8.78 Å². The van der Waals surface area contributed by atoms with E-state index < -0.39 is 23.1 Å². The van der Waals surface area contributed by atoms with Crippen molar-refractivity contribution in [3.05, 3.63) is 35.4 Å². The first kappa shape index (κ1) is 12.1. The van der Waals surface area contributed by atoms with E-state index in [2.05, 4.69) is 0 Å². The topological polar surface area (TPSA) is 46.2 Å². The van der Waals surface area contributed by atoms with Gasteiger partial charge in [0.05, 0.1) is 0 Å². The van der Waals surface area contributed by atoms with Crippen molar-refractivity contribution in [1.82, 2.24) is 0 Å². The van der Waals surface area contributed by atoms with E-state index in [0.29, 0.717) is 5.56 Å². The van der Waals surface area contributed by atoms with Crippen LogP contribution >= 0.6 is 0 Å². The Labute approximate surface area is 87.7 Å². The lowest BCUT2D eigenvalue weighted by atomic mass is 9.82. The molecule has 1 aromatic rings. The van der Waals surface area contributed by atoms with Crippen LogP contribution in [0.3, 0.4) is 0 Å². The van der Waals surface area contributed by atoms with Gasteiger partial charge in [0.25, 0.3) is 0 Å². The minimum absolute atomic E-state index is 0.147. The molecule has 15 heavy (non-hydrogen) atoms. The van der Waals surface area contributed by atoms with Gasteiger partial charge in [-0.1, -0.05) is 13.8 Å². The van der Waals surface area contributed by atoms with Crippen LogP contribution in [0.5, 0.6) is 0 Å². The number of nitrogens with two attached hydrogens (primary N) is 1. The number of benzene rings is 1. The highest BCUT2D eigenvalue weighted by Crippen LogP contribution is 2.31. The zero-order valence-electron chi connectivity index (χ0n) is 8.80. The molecule has 0 amide bonds. The lowest BCUT2D eigenvalue weighted by Gasteiger charge is -2.29. The summed E-state index contributed by atoms with van der Waals surface area (Å²) in [5.74, 6) is -1.32. The largest absolute Gasteiger partial charge is 0.396 e. The second kappa shape index (κ2) is 4.24. The van der Waals surface area contributed by atoms with E-state index in [9.17, 15) is 8.78 Å². The van der Waals surface area contributed by atoms with E-state index in [1.54, 1.807) is 13.8 Å². The van der Waals surface area contributed by atoms with Crippen molar-refractivity contribution in [3.63, 3.8) is 0 Å². The normalized spacial score (nSPS) is 14.0. The van der Waals surface area contributed by atoms with Gasteiger partial charge in [0.1, 0.15) is 11.6 Å². The van der Waals surface area contributed by atoms with E-state index in [-0.39, 0.29) is 6.61 Å². The van der Waals surface area contributed by atoms with E-state index in [4.69, 9.17) is 10.8 Å². The third-order valence-corrected chi connectivity index (χ3v) is 2.49. The van der Waals surface area contributed by atoms with Gasteiger partial charge in [0, 0.05) is 24.1 Å². The molecule has 0 saturated carbocycles. The Morgan fingerprint density at radius 1 is 1.27 bits per heavy atom. The van der Waals surface area contributed by atoms with Crippen molar-refractivity contribution in [2.45, 2.75) is 19.9 Å². The molecule has 0 saturated heterocycles. The number of rotatable bonds is 3. The van der Waals surface area contributed by atoms with Gasteiger partial charge in [-0.05, 0) is 17.7 Å². The summed E-state index contributed by atoms with van der Waals surface area (Å²) in [6.07, 6.45) is 0. The molecular weight excluding hydrogens is 200 g/mol. The van der Waals surface area contributed by atoms with Crippen LogP contribution in [-0.4, -0.2) is 11.7 Å².